The third-order valence-electron chi connectivity index (χ3n) is 4.11. The SMILES string of the molecule is CCOc1ccc(-n2c(SC3CCOC3=O)nnc2-c2ccncc2)cc1. The Kier molecular flexibility index (Phi) is 5.06. The van der Waals surface area contributed by atoms with Crippen molar-refractivity contribution in [2.75, 3.05) is 13.2 Å². The standard InChI is InChI=1S/C19H18N4O3S/c1-2-25-15-5-3-14(4-6-15)23-17(13-7-10-20-11-8-13)21-22-19(23)27-16-9-12-26-18(16)24/h3-8,10-11,16H,2,9,12H2,1H3. The molecular formula is C19H18N4O3S. The first kappa shape index (κ1) is 17.5. The summed E-state index contributed by atoms with van der Waals surface area (Å²) >= 11 is 1.38. The number of hydrogen-bond acceptors (Lipinski definition) is 7. The van der Waals surface area contributed by atoms with Crippen LogP contribution >= 0.6 is 11.8 Å². The van der Waals surface area contributed by atoms with Crippen LogP contribution in [-0.2, 0) is 9.53 Å². The van der Waals surface area contributed by atoms with E-state index in [1.54, 1.807) is 12.4 Å². The van der Waals surface area contributed by atoms with Crippen molar-refractivity contribution in [3.05, 3.63) is 48.8 Å². The van der Waals surface area contributed by atoms with Crippen molar-refractivity contribution in [2.24, 2.45) is 0 Å². The lowest BCUT2D eigenvalue weighted by atomic mass is 10.2. The lowest BCUT2D eigenvalue weighted by molar-refractivity contribution is -0.137. The minimum absolute atomic E-state index is 0.202. The Bertz CT molecular complexity index is 928. The zero-order valence-electron chi connectivity index (χ0n) is 14.7. The number of carbonyl (C=O) groups is 1. The van der Waals surface area contributed by atoms with Gasteiger partial charge in [-0.15, -0.1) is 10.2 Å². The van der Waals surface area contributed by atoms with Gasteiger partial charge in [0.15, 0.2) is 11.0 Å². The van der Waals surface area contributed by atoms with Crippen LogP contribution in [0.25, 0.3) is 17.1 Å². The molecule has 0 radical (unpaired) electrons. The fourth-order valence-electron chi connectivity index (χ4n) is 2.84. The molecule has 1 aliphatic rings. The third kappa shape index (κ3) is 3.66. The molecule has 1 atom stereocenters. The van der Waals surface area contributed by atoms with E-state index in [2.05, 4.69) is 15.2 Å². The van der Waals surface area contributed by atoms with E-state index in [4.69, 9.17) is 9.47 Å². The molecule has 27 heavy (non-hydrogen) atoms. The molecule has 138 valence electrons. The molecule has 0 bridgehead atoms. The molecule has 0 N–H and O–H groups in total. The van der Waals surface area contributed by atoms with Crippen molar-refractivity contribution in [3.63, 3.8) is 0 Å². The molecule has 0 aliphatic carbocycles. The molecule has 4 rings (SSSR count). The maximum absolute atomic E-state index is 11.9. The summed E-state index contributed by atoms with van der Waals surface area (Å²) in [6, 6.07) is 11.5. The number of rotatable bonds is 6. The van der Waals surface area contributed by atoms with Crippen LogP contribution in [0, 0.1) is 0 Å². The Morgan fingerprint density at radius 1 is 1.19 bits per heavy atom. The Balaban J connectivity index is 1.75. The van der Waals surface area contributed by atoms with Gasteiger partial charge in [0.25, 0.3) is 0 Å². The zero-order valence-corrected chi connectivity index (χ0v) is 15.6. The molecule has 1 unspecified atom stereocenters. The van der Waals surface area contributed by atoms with Gasteiger partial charge >= 0.3 is 5.97 Å². The van der Waals surface area contributed by atoms with E-state index in [9.17, 15) is 4.79 Å². The Morgan fingerprint density at radius 3 is 2.63 bits per heavy atom. The lowest BCUT2D eigenvalue weighted by Gasteiger charge is -2.12. The predicted molar refractivity (Wildman–Crippen MR) is 101 cm³/mol. The average Bonchev–Trinajstić information content (AvgIpc) is 3.30. The van der Waals surface area contributed by atoms with Gasteiger partial charge < -0.3 is 9.47 Å². The first-order valence-electron chi connectivity index (χ1n) is 8.68. The van der Waals surface area contributed by atoms with Crippen LogP contribution < -0.4 is 4.74 Å². The summed E-state index contributed by atoms with van der Waals surface area (Å²) in [7, 11) is 0. The molecule has 1 saturated heterocycles. The smallest absolute Gasteiger partial charge is 0.319 e. The summed E-state index contributed by atoms with van der Waals surface area (Å²) in [5.74, 6) is 1.29. The van der Waals surface area contributed by atoms with Crippen molar-refractivity contribution < 1.29 is 14.3 Å². The Morgan fingerprint density at radius 2 is 1.96 bits per heavy atom. The summed E-state index contributed by atoms with van der Waals surface area (Å²) in [6.07, 6.45) is 4.10. The average molecular weight is 382 g/mol. The first-order chi connectivity index (χ1) is 13.3. The van der Waals surface area contributed by atoms with Gasteiger partial charge in [-0.05, 0) is 43.3 Å². The minimum atomic E-state index is -0.263. The van der Waals surface area contributed by atoms with E-state index >= 15 is 0 Å². The van der Waals surface area contributed by atoms with E-state index in [1.807, 2.05) is 47.9 Å². The van der Waals surface area contributed by atoms with Crippen molar-refractivity contribution in [1.29, 1.82) is 0 Å². The van der Waals surface area contributed by atoms with Crippen LogP contribution in [0.2, 0.25) is 0 Å². The minimum Gasteiger partial charge on any atom is -0.494 e. The lowest BCUT2D eigenvalue weighted by Crippen LogP contribution is -2.11. The quantitative estimate of drug-likeness (QED) is 0.606. The molecule has 0 spiro atoms. The molecule has 2 aromatic heterocycles. The van der Waals surface area contributed by atoms with Gasteiger partial charge in [-0.1, -0.05) is 11.8 Å². The van der Waals surface area contributed by atoms with Gasteiger partial charge in [0.1, 0.15) is 11.0 Å². The van der Waals surface area contributed by atoms with Crippen LogP contribution in [0.3, 0.4) is 0 Å². The summed E-state index contributed by atoms with van der Waals surface area (Å²) in [4.78, 5) is 16.0. The van der Waals surface area contributed by atoms with Gasteiger partial charge in [0.2, 0.25) is 0 Å². The number of benzene rings is 1. The van der Waals surface area contributed by atoms with Crippen molar-refractivity contribution >= 4 is 17.7 Å². The predicted octanol–water partition coefficient (Wildman–Crippen LogP) is 3.14. The fraction of sp³-hybridized carbons (Fsp3) is 0.263. The number of esters is 1. The maximum Gasteiger partial charge on any atom is 0.319 e. The van der Waals surface area contributed by atoms with Gasteiger partial charge in [-0.3, -0.25) is 14.3 Å². The van der Waals surface area contributed by atoms with E-state index in [1.165, 1.54) is 11.8 Å². The molecule has 8 heteroatoms. The number of cyclic esters (lactones) is 1. The van der Waals surface area contributed by atoms with Crippen molar-refractivity contribution in [1.82, 2.24) is 19.7 Å². The summed E-state index contributed by atoms with van der Waals surface area (Å²) in [5.41, 5.74) is 1.79. The number of carbonyl (C=O) groups excluding carboxylic acids is 1. The molecule has 7 nitrogen and oxygen atoms in total. The largest absolute Gasteiger partial charge is 0.494 e. The number of pyridine rings is 1. The second kappa shape index (κ2) is 7.79. The van der Waals surface area contributed by atoms with Crippen molar-refractivity contribution in [3.8, 4) is 22.8 Å². The highest BCUT2D eigenvalue weighted by Crippen LogP contribution is 2.33. The third-order valence-corrected chi connectivity index (χ3v) is 5.30. The van der Waals surface area contributed by atoms with Crippen LogP contribution in [0.1, 0.15) is 13.3 Å². The highest BCUT2D eigenvalue weighted by Gasteiger charge is 2.30. The second-order valence-electron chi connectivity index (χ2n) is 5.87. The topological polar surface area (TPSA) is 79.1 Å². The van der Waals surface area contributed by atoms with E-state index in [0.717, 1.165) is 17.0 Å². The fourth-order valence-corrected chi connectivity index (χ4v) is 3.85. The van der Waals surface area contributed by atoms with Gasteiger partial charge in [0, 0.05) is 30.1 Å². The van der Waals surface area contributed by atoms with Crippen LogP contribution in [-0.4, -0.2) is 44.2 Å². The number of hydrogen-bond donors (Lipinski definition) is 0. The summed E-state index contributed by atoms with van der Waals surface area (Å²) in [5, 5.41) is 9.10. The molecule has 0 saturated carbocycles. The van der Waals surface area contributed by atoms with Gasteiger partial charge in [-0.25, -0.2) is 0 Å². The highest BCUT2D eigenvalue weighted by atomic mass is 32.2. The Hall–Kier alpha value is -2.87. The van der Waals surface area contributed by atoms with E-state index in [-0.39, 0.29) is 11.2 Å². The Labute approximate surface area is 160 Å². The zero-order chi connectivity index (χ0) is 18.6. The second-order valence-corrected chi connectivity index (χ2v) is 7.04. The maximum atomic E-state index is 11.9. The van der Waals surface area contributed by atoms with Gasteiger partial charge in [-0.2, -0.15) is 0 Å². The van der Waals surface area contributed by atoms with Crippen LogP contribution in [0.15, 0.2) is 53.9 Å². The number of aromatic nitrogens is 4. The van der Waals surface area contributed by atoms with E-state index in [0.29, 0.717) is 30.6 Å². The van der Waals surface area contributed by atoms with Crippen LogP contribution in [0.4, 0.5) is 0 Å². The summed E-state index contributed by atoms with van der Waals surface area (Å²) < 4.78 is 12.6. The highest BCUT2D eigenvalue weighted by molar-refractivity contribution is 8.00. The number of ether oxygens (including phenoxy) is 2. The molecule has 1 aliphatic heterocycles. The normalized spacial score (nSPS) is 16.3. The first-order valence-corrected chi connectivity index (χ1v) is 9.56. The van der Waals surface area contributed by atoms with Crippen LogP contribution in [0.5, 0.6) is 5.75 Å². The molecule has 1 aromatic carbocycles. The monoisotopic (exact) mass is 382 g/mol. The molecule has 1 fully saturated rings. The number of thioether (sulfide) groups is 1. The number of nitrogens with zero attached hydrogens (tertiary/aromatic N) is 4. The molecule has 0 amide bonds. The van der Waals surface area contributed by atoms with Gasteiger partial charge in [0.05, 0.1) is 13.2 Å². The molecular weight excluding hydrogens is 364 g/mol. The van der Waals surface area contributed by atoms with E-state index < -0.39 is 0 Å². The molecule has 3 heterocycles. The molecule has 3 aromatic rings. The van der Waals surface area contributed by atoms with Crippen molar-refractivity contribution in [2.45, 2.75) is 23.8 Å². The summed E-state index contributed by atoms with van der Waals surface area (Å²) in [6.45, 7) is 3.01.